The first-order valence-corrected chi connectivity index (χ1v) is 8.83. The monoisotopic (exact) mass is 353 g/mol. The SMILES string of the molecule is COc1cccc(C(=O)O)c1CC12CCCCC1=Nc1c(F)cccc12. The van der Waals surface area contributed by atoms with Crippen LogP contribution in [0.2, 0.25) is 0 Å². The maximum Gasteiger partial charge on any atom is 0.336 e. The number of fused-ring (bicyclic) bond motifs is 3. The molecule has 2 aliphatic rings. The molecule has 0 spiro atoms. The van der Waals surface area contributed by atoms with E-state index in [1.165, 1.54) is 6.07 Å². The molecule has 134 valence electrons. The molecule has 1 fully saturated rings. The molecule has 1 N–H and O–H groups in total. The highest BCUT2D eigenvalue weighted by Crippen LogP contribution is 2.51. The van der Waals surface area contributed by atoms with Gasteiger partial charge < -0.3 is 9.84 Å². The summed E-state index contributed by atoms with van der Waals surface area (Å²) in [5.41, 5.74) is 2.67. The second-order valence-electron chi connectivity index (χ2n) is 6.95. The lowest BCUT2D eigenvalue weighted by Gasteiger charge is -2.36. The fourth-order valence-corrected chi connectivity index (χ4v) is 4.43. The van der Waals surface area contributed by atoms with Crippen LogP contribution >= 0.6 is 0 Å². The highest BCUT2D eigenvalue weighted by atomic mass is 19.1. The van der Waals surface area contributed by atoms with Gasteiger partial charge in [-0.05, 0) is 49.4 Å². The molecule has 0 radical (unpaired) electrons. The lowest BCUT2D eigenvalue weighted by atomic mass is 9.65. The zero-order valence-electron chi connectivity index (χ0n) is 14.6. The van der Waals surface area contributed by atoms with Gasteiger partial charge >= 0.3 is 5.97 Å². The molecular formula is C21H20FNO3. The summed E-state index contributed by atoms with van der Waals surface area (Å²) in [6, 6.07) is 10.1. The van der Waals surface area contributed by atoms with Crippen LogP contribution in [0.1, 0.15) is 47.2 Å². The number of para-hydroxylation sites is 1. The van der Waals surface area contributed by atoms with Gasteiger partial charge in [0.15, 0.2) is 0 Å². The van der Waals surface area contributed by atoms with Crippen molar-refractivity contribution in [1.29, 1.82) is 0 Å². The van der Waals surface area contributed by atoms with Gasteiger partial charge in [0.2, 0.25) is 0 Å². The van der Waals surface area contributed by atoms with Crippen LogP contribution in [-0.2, 0) is 11.8 Å². The minimum Gasteiger partial charge on any atom is -0.496 e. The number of rotatable bonds is 4. The van der Waals surface area contributed by atoms with Crippen molar-refractivity contribution >= 4 is 17.4 Å². The number of aliphatic imine (C=N–C) groups is 1. The quantitative estimate of drug-likeness (QED) is 0.869. The average Bonchev–Trinajstić information content (AvgIpc) is 2.97. The summed E-state index contributed by atoms with van der Waals surface area (Å²) >= 11 is 0. The minimum absolute atomic E-state index is 0.230. The Labute approximate surface area is 151 Å². The molecule has 0 bridgehead atoms. The molecule has 5 heteroatoms. The Kier molecular flexibility index (Phi) is 4.02. The van der Waals surface area contributed by atoms with E-state index in [4.69, 9.17) is 4.74 Å². The number of carbonyl (C=O) groups is 1. The molecule has 2 aromatic rings. The largest absolute Gasteiger partial charge is 0.496 e. The zero-order chi connectivity index (χ0) is 18.3. The molecule has 0 amide bonds. The van der Waals surface area contributed by atoms with Crippen molar-refractivity contribution in [2.24, 2.45) is 4.99 Å². The normalized spacial score (nSPS) is 20.9. The molecule has 1 unspecified atom stereocenters. The number of hydrogen-bond donors (Lipinski definition) is 1. The first-order valence-electron chi connectivity index (χ1n) is 8.83. The van der Waals surface area contributed by atoms with E-state index in [-0.39, 0.29) is 11.4 Å². The molecule has 1 heterocycles. The molecule has 4 nitrogen and oxygen atoms in total. The van der Waals surface area contributed by atoms with Crippen molar-refractivity contribution in [2.75, 3.05) is 7.11 Å². The van der Waals surface area contributed by atoms with Gasteiger partial charge in [-0.2, -0.15) is 0 Å². The van der Waals surface area contributed by atoms with Crippen LogP contribution in [-0.4, -0.2) is 23.9 Å². The Balaban J connectivity index is 1.90. The van der Waals surface area contributed by atoms with Crippen molar-refractivity contribution in [3.8, 4) is 5.75 Å². The van der Waals surface area contributed by atoms with E-state index in [1.54, 1.807) is 31.4 Å². The Morgan fingerprint density at radius 1 is 1.27 bits per heavy atom. The predicted molar refractivity (Wildman–Crippen MR) is 97.3 cm³/mol. The number of carboxylic acid groups (broad SMARTS) is 1. The first-order chi connectivity index (χ1) is 12.6. The molecule has 0 aromatic heterocycles. The zero-order valence-corrected chi connectivity index (χ0v) is 14.6. The molecular weight excluding hydrogens is 333 g/mol. The molecule has 1 saturated carbocycles. The summed E-state index contributed by atoms with van der Waals surface area (Å²) < 4.78 is 19.8. The smallest absolute Gasteiger partial charge is 0.336 e. The standard InChI is InChI=1S/C21H20FNO3/c1-26-17-9-4-6-13(20(24)25)14(17)12-21-11-3-2-10-18(21)23-19-15(21)7-5-8-16(19)22/h4-9H,2-3,10-12H2,1H3,(H,24,25). The van der Waals surface area contributed by atoms with Crippen LogP contribution in [0, 0.1) is 5.82 Å². The van der Waals surface area contributed by atoms with Gasteiger partial charge in [0.1, 0.15) is 17.3 Å². The van der Waals surface area contributed by atoms with Gasteiger partial charge in [-0.15, -0.1) is 0 Å². The van der Waals surface area contributed by atoms with E-state index in [9.17, 15) is 14.3 Å². The number of nitrogens with zero attached hydrogens (tertiary/aromatic N) is 1. The van der Waals surface area contributed by atoms with Crippen molar-refractivity contribution < 1.29 is 19.0 Å². The maximum absolute atomic E-state index is 14.4. The number of methoxy groups -OCH3 is 1. The number of carboxylic acids is 1. The molecule has 4 rings (SSSR count). The third kappa shape index (κ3) is 2.42. The molecule has 26 heavy (non-hydrogen) atoms. The van der Waals surface area contributed by atoms with Crippen molar-refractivity contribution in [3.05, 3.63) is 58.9 Å². The summed E-state index contributed by atoms with van der Waals surface area (Å²) in [5, 5.41) is 9.65. The Morgan fingerprint density at radius 3 is 2.85 bits per heavy atom. The lowest BCUT2D eigenvalue weighted by molar-refractivity contribution is 0.0695. The van der Waals surface area contributed by atoms with Crippen LogP contribution in [0.3, 0.4) is 0 Å². The topological polar surface area (TPSA) is 58.9 Å². The lowest BCUT2D eigenvalue weighted by Crippen LogP contribution is -2.38. The van der Waals surface area contributed by atoms with E-state index < -0.39 is 11.4 Å². The van der Waals surface area contributed by atoms with Crippen LogP contribution < -0.4 is 4.74 Å². The van der Waals surface area contributed by atoms with Gasteiger partial charge in [0, 0.05) is 16.7 Å². The van der Waals surface area contributed by atoms with Crippen LogP contribution in [0.25, 0.3) is 0 Å². The first kappa shape index (κ1) is 16.8. The molecule has 1 aliphatic heterocycles. The van der Waals surface area contributed by atoms with E-state index >= 15 is 0 Å². The Morgan fingerprint density at radius 2 is 2.08 bits per heavy atom. The van der Waals surface area contributed by atoms with Gasteiger partial charge in [-0.25, -0.2) is 9.18 Å². The summed E-state index contributed by atoms with van der Waals surface area (Å²) in [6.07, 6.45) is 4.12. The van der Waals surface area contributed by atoms with Crippen molar-refractivity contribution in [1.82, 2.24) is 0 Å². The number of benzene rings is 2. The minimum atomic E-state index is -0.984. The van der Waals surface area contributed by atoms with Crippen LogP contribution in [0.15, 0.2) is 41.4 Å². The van der Waals surface area contributed by atoms with E-state index in [1.807, 2.05) is 6.07 Å². The van der Waals surface area contributed by atoms with Crippen LogP contribution in [0.4, 0.5) is 10.1 Å². The van der Waals surface area contributed by atoms with Crippen LogP contribution in [0.5, 0.6) is 5.75 Å². The second-order valence-corrected chi connectivity index (χ2v) is 6.95. The second kappa shape index (κ2) is 6.24. The number of ether oxygens (including phenoxy) is 1. The average molecular weight is 353 g/mol. The highest BCUT2D eigenvalue weighted by Gasteiger charge is 2.46. The molecule has 1 atom stereocenters. The third-order valence-electron chi connectivity index (χ3n) is 5.63. The Bertz CT molecular complexity index is 921. The number of hydrogen-bond acceptors (Lipinski definition) is 3. The van der Waals surface area contributed by atoms with E-state index in [0.29, 0.717) is 23.4 Å². The number of halogens is 1. The molecule has 1 aliphatic carbocycles. The Hall–Kier alpha value is -2.69. The molecule has 2 aromatic carbocycles. The molecule has 0 saturated heterocycles. The highest BCUT2D eigenvalue weighted by molar-refractivity contribution is 6.03. The van der Waals surface area contributed by atoms with Crippen molar-refractivity contribution in [2.45, 2.75) is 37.5 Å². The van der Waals surface area contributed by atoms with Gasteiger partial charge in [-0.3, -0.25) is 4.99 Å². The summed E-state index contributed by atoms with van der Waals surface area (Å²) in [5.74, 6) is -0.752. The van der Waals surface area contributed by atoms with Gasteiger partial charge in [0.05, 0.1) is 12.7 Å². The van der Waals surface area contributed by atoms with Gasteiger partial charge in [-0.1, -0.05) is 24.6 Å². The summed E-state index contributed by atoms with van der Waals surface area (Å²) in [6.45, 7) is 0. The predicted octanol–water partition coefficient (Wildman–Crippen LogP) is 4.67. The maximum atomic E-state index is 14.4. The van der Waals surface area contributed by atoms with Crippen molar-refractivity contribution in [3.63, 3.8) is 0 Å². The summed E-state index contributed by atoms with van der Waals surface area (Å²) in [4.78, 5) is 16.4. The fourth-order valence-electron chi connectivity index (χ4n) is 4.43. The van der Waals surface area contributed by atoms with E-state index in [2.05, 4.69) is 4.99 Å². The van der Waals surface area contributed by atoms with Gasteiger partial charge in [0.25, 0.3) is 0 Å². The summed E-state index contributed by atoms with van der Waals surface area (Å²) in [7, 11) is 1.54. The van der Waals surface area contributed by atoms with E-state index in [0.717, 1.165) is 37.0 Å². The number of aromatic carboxylic acids is 1. The fraction of sp³-hybridized carbons (Fsp3) is 0.333. The third-order valence-corrected chi connectivity index (χ3v) is 5.63.